The Morgan fingerprint density at radius 1 is 0.935 bits per heavy atom. The van der Waals surface area contributed by atoms with Crippen LogP contribution in [0.15, 0.2) is 54.6 Å². The second-order valence-electron chi connectivity index (χ2n) is 8.38. The molecule has 1 atom stereocenters. The van der Waals surface area contributed by atoms with Gasteiger partial charge >= 0.3 is 0 Å². The Kier molecular flexibility index (Phi) is 9.10. The minimum Gasteiger partial charge on any atom is -0.356 e. The van der Waals surface area contributed by atoms with E-state index >= 15 is 0 Å². The standard InChI is InChI=1S/C26H35N3O2/c27-16-6-1-2-7-17-28-25(30)20-24-11-8-18-29(24)26(31)19-21-12-14-23(15-13-21)22-9-4-3-5-10-22/h3-5,9-10,12-15,24H,1-2,6-8,11,16-20,27H2,(H,28,30). The monoisotopic (exact) mass is 421 g/mol. The summed E-state index contributed by atoms with van der Waals surface area (Å²) in [6.07, 6.45) is 6.90. The first-order valence-electron chi connectivity index (χ1n) is 11.6. The molecular formula is C26H35N3O2. The molecule has 5 heteroatoms. The van der Waals surface area contributed by atoms with E-state index < -0.39 is 0 Å². The molecule has 0 aromatic heterocycles. The number of benzene rings is 2. The molecule has 1 unspecified atom stereocenters. The first-order valence-corrected chi connectivity index (χ1v) is 11.6. The summed E-state index contributed by atoms with van der Waals surface area (Å²) in [4.78, 5) is 27.1. The Bertz CT molecular complexity index is 820. The van der Waals surface area contributed by atoms with Crippen molar-refractivity contribution in [3.8, 4) is 11.1 Å². The van der Waals surface area contributed by atoms with E-state index in [0.717, 1.165) is 62.7 Å². The number of likely N-dealkylation sites (tertiary alicyclic amines) is 1. The van der Waals surface area contributed by atoms with E-state index in [4.69, 9.17) is 5.73 Å². The molecule has 1 fully saturated rings. The zero-order valence-corrected chi connectivity index (χ0v) is 18.4. The fourth-order valence-corrected chi connectivity index (χ4v) is 4.23. The number of hydrogen-bond donors (Lipinski definition) is 2. The maximum Gasteiger partial charge on any atom is 0.227 e. The summed E-state index contributed by atoms with van der Waals surface area (Å²) in [6.45, 7) is 2.19. The highest BCUT2D eigenvalue weighted by atomic mass is 16.2. The van der Waals surface area contributed by atoms with E-state index in [1.54, 1.807) is 0 Å². The highest BCUT2D eigenvalue weighted by molar-refractivity contribution is 5.81. The molecule has 5 nitrogen and oxygen atoms in total. The van der Waals surface area contributed by atoms with Gasteiger partial charge in [-0.25, -0.2) is 0 Å². The lowest BCUT2D eigenvalue weighted by Crippen LogP contribution is -2.40. The molecule has 0 aliphatic carbocycles. The molecular weight excluding hydrogens is 386 g/mol. The number of nitrogens with one attached hydrogen (secondary N) is 1. The summed E-state index contributed by atoms with van der Waals surface area (Å²) in [7, 11) is 0. The summed E-state index contributed by atoms with van der Waals surface area (Å²) in [5, 5.41) is 3.01. The predicted molar refractivity (Wildman–Crippen MR) is 125 cm³/mol. The third-order valence-electron chi connectivity index (χ3n) is 5.99. The van der Waals surface area contributed by atoms with Gasteiger partial charge in [-0.3, -0.25) is 9.59 Å². The van der Waals surface area contributed by atoms with Gasteiger partial charge in [0.1, 0.15) is 0 Å². The van der Waals surface area contributed by atoms with Gasteiger partial charge in [0.15, 0.2) is 0 Å². The number of unbranched alkanes of at least 4 members (excludes halogenated alkanes) is 3. The maximum absolute atomic E-state index is 12.9. The van der Waals surface area contributed by atoms with Crippen molar-refractivity contribution in [1.29, 1.82) is 0 Å². The predicted octanol–water partition coefficient (Wildman–Crippen LogP) is 3.91. The van der Waals surface area contributed by atoms with Crippen LogP contribution in [0.2, 0.25) is 0 Å². The van der Waals surface area contributed by atoms with Crippen molar-refractivity contribution in [1.82, 2.24) is 10.2 Å². The quantitative estimate of drug-likeness (QED) is 0.540. The first kappa shape index (κ1) is 23.0. The number of nitrogens with zero attached hydrogens (tertiary/aromatic N) is 1. The maximum atomic E-state index is 12.9. The van der Waals surface area contributed by atoms with E-state index in [-0.39, 0.29) is 17.9 Å². The van der Waals surface area contributed by atoms with Gasteiger partial charge < -0.3 is 16.0 Å². The molecule has 2 aromatic carbocycles. The van der Waals surface area contributed by atoms with Gasteiger partial charge in [0.2, 0.25) is 11.8 Å². The van der Waals surface area contributed by atoms with Gasteiger partial charge in [-0.1, -0.05) is 67.4 Å². The van der Waals surface area contributed by atoms with Gasteiger partial charge in [-0.2, -0.15) is 0 Å². The number of amides is 2. The number of nitrogens with two attached hydrogens (primary N) is 1. The SMILES string of the molecule is NCCCCCCNC(=O)CC1CCCN1C(=O)Cc1ccc(-c2ccccc2)cc1. The highest BCUT2D eigenvalue weighted by Crippen LogP contribution is 2.23. The molecule has 1 aliphatic rings. The van der Waals surface area contributed by atoms with Crippen LogP contribution in [0.4, 0.5) is 0 Å². The molecule has 3 N–H and O–H groups in total. The average molecular weight is 422 g/mol. The minimum atomic E-state index is 0.0216. The van der Waals surface area contributed by atoms with Crippen LogP contribution in [0.25, 0.3) is 11.1 Å². The molecule has 166 valence electrons. The molecule has 1 saturated heterocycles. The number of carbonyl (C=O) groups is 2. The third-order valence-corrected chi connectivity index (χ3v) is 5.99. The van der Waals surface area contributed by atoms with E-state index in [0.29, 0.717) is 19.4 Å². The summed E-state index contributed by atoms with van der Waals surface area (Å²) in [5.41, 5.74) is 8.83. The molecule has 2 amide bonds. The highest BCUT2D eigenvalue weighted by Gasteiger charge is 2.30. The summed E-state index contributed by atoms with van der Waals surface area (Å²) in [6, 6.07) is 18.4. The molecule has 1 aliphatic heterocycles. The van der Waals surface area contributed by atoms with Crippen molar-refractivity contribution in [3.63, 3.8) is 0 Å². The van der Waals surface area contributed by atoms with Crippen LogP contribution in [0, 0.1) is 0 Å². The second kappa shape index (κ2) is 12.3. The van der Waals surface area contributed by atoms with Gasteiger partial charge in [0, 0.05) is 25.6 Å². The molecule has 0 saturated carbocycles. The van der Waals surface area contributed by atoms with E-state index in [1.165, 1.54) is 5.56 Å². The van der Waals surface area contributed by atoms with Crippen molar-refractivity contribution >= 4 is 11.8 Å². The van der Waals surface area contributed by atoms with Gasteiger partial charge in [-0.05, 0) is 48.9 Å². The topological polar surface area (TPSA) is 75.4 Å². The van der Waals surface area contributed by atoms with Crippen LogP contribution in [0.3, 0.4) is 0 Å². The van der Waals surface area contributed by atoms with Crippen LogP contribution in [0.1, 0.15) is 50.5 Å². The third kappa shape index (κ3) is 7.21. The Morgan fingerprint density at radius 3 is 2.39 bits per heavy atom. The zero-order valence-electron chi connectivity index (χ0n) is 18.4. The van der Waals surface area contributed by atoms with Gasteiger partial charge in [0.05, 0.1) is 6.42 Å². The van der Waals surface area contributed by atoms with E-state index in [2.05, 4.69) is 29.6 Å². The Labute approximate surface area is 186 Å². The molecule has 3 rings (SSSR count). The van der Waals surface area contributed by atoms with E-state index in [9.17, 15) is 9.59 Å². The smallest absolute Gasteiger partial charge is 0.227 e. The molecule has 0 spiro atoms. The zero-order chi connectivity index (χ0) is 21.9. The van der Waals surface area contributed by atoms with Crippen LogP contribution >= 0.6 is 0 Å². The fourth-order valence-electron chi connectivity index (χ4n) is 4.23. The lowest BCUT2D eigenvalue weighted by Gasteiger charge is -2.24. The first-order chi connectivity index (χ1) is 15.2. The normalized spacial score (nSPS) is 15.8. The Balaban J connectivity index is 1.45. The van der Waals surface area contributed by atoms with Crippen molar-refractivity contribution in [2.24, 2.45) is 5.73 Å². The van der Waals surface area contributed by atoms with Crippen molar-refractivity contribution < 1.29 is 9.59 Å². The van der Waals surface area contributed by atoms with Crippen LogP contribution < -0.4 is 11.1 Å². The largest absolute Gasteiger partial charge is 0.356 e. The fraction of sp³-hybridized carbons (Fsp3) is 0.462. The minimum absolute atomic E-state index is 0.0216. The summed E-state index contributed by atoms with van der Waals surface area (Å²) in [5.74, 6) is 0.167. The molecule has 1 heterocycles. The van der Waals surface area contributed by atoms with Crippen LogP contribution in [0.5, 0.6) is 0 Å². The Hall–Kier alpha value is -2.66. The van der Waals surface area contributed by atoms with Gasteiger partial charge in [-0.15, -0.1) is 0 Å². The molecule has 2 aromatic rings. The average Bonchev–Trinajstić information content (AvgIpc) is 3.25. The summed E-state index contributed by atoms with van der Waals surface area (Å²) < 4.78 is 0. The number of rotatable bonds is 11. The molecule has 31 heavy (non-hydrogen) atoms. The van der Waals surface area contributed by atoms with Crippen LogP contribution in [-0.2, 0) is 16.0 Å². The number of carbonyl (C=O) groups excluding carboxylic acids is 2. The molecule has 0 radical (unpaired) electrons. The van der Waals surface area contributed by atoms with Crippen molar-refractivity contribution in [3.05, 3.63) is 60.2 Å². The second-order valence-corrected chi connectivity index (χ2v) is 8.38. The number of hydrogen-bond acceptors (Lipinski definition) is 3. The van der Waals surface area contributed by atoms with Crippen LogP contribution in [-0.4, -0.2) is 42.4 Å². The van der Waals surface area contributed by atoms with Crippen molar-refractivity contribution in [2.75, 3.05) is 19.6 Å². The van der Waals surface area contributed by atoms with Gasteiger partial charge in [0.25, 0.3) is 0 Å². The van der Waals surface area contributed by atoms with Crippen molar-refractivity contribution in [2.45, 2.75) is 57.4 Å². The molecule has 0 bridgehead atoms. The lowest BCUT2D eigenvalue weighted by molar-refractivity contribution is -0.132. The Morgan fingerprint density at radius 2 is 1.65 bits per heavy atom. The van der Waals surface area contributed by atoms with E-state index in [1.807, 2.05) is 35.2 Å². The summed E-state index contributed by atoms with van der Waals surface area (Å²) >= 11 is 0. The lowest BCUT2D eigenvalue weighted by atomic mass is 10.0.